The first kappa shape index (κ1) is 16.6. The lowest BCUT2D eigenvalue weighted by Gasteiger charge is -2.35. The Labute approximate surface area is 152 Å². The first-order chi connectivity index (χ1) is 12.8. The number of fused-ring (bicyclic) bond motifs is 1. The standard InChI is InChI=1S/C20H21N3O3/c24-17(16-5-6-18-19(14-16)26-13-3-12-25-18)15-22-8-10-23(11-9-22)20-4-1-2-7-21-20/h1-7,12,14H,8-11,13,15H2. The molecular weight excluding hydrogens is 330 g/mol. The van der Waals surface area contributed by atoms with Crippen molar-refractivity contribution in [3.63, 3.8) is 0 Å². The molecule has 6 heteroatoms. The second kappa shape index (κ2) is 7.58. The van der Waals surface area contributed by atoms with E-state index in [9.17, 15) is 4.79 Å². The van der Waals surface area contributed by atoms with Crippen LogP contribution in [-0.4, -0.2) is 55.0 Å². The van der Waals surface area contributed by atoms with Gasteiger partial charge in [0.1, 0.15) is 12.4 Å². The average molecular weight is 351 g/mol. The lowest BCUT2D eigenvalue weighted by molar-refractivity contribution is 0.0926. The van der Waals surface area contributed by atoms with Crippen LogP contribution in [0.25, 0.3) is 0 Å². The highest BCUT2D eigenvalue weighted by Crippen LogP contribution is 2.30. The van der Waals surface area contributed by atoms with E-state index >= 15 is 0 Å². The van der Waals surface area contributed by atoms with E-state index in [1.807, 2.05) is 24.4 Å². The molecule has 1 aromatic carbocycles. The summed E-state index contributed by atoms with van der Waals surface area (Å²) in [6.07, 6.45) is 5.21. The van der Waals surface area contributed by atoms with Crippen molar-refractivity contribution in [2.45, 2.75) is 0 Å². The molecule has 0 amide bonds. The summed E-state index contributed by atoms with van der Waals surface area (Å²) < 4.78 is 11.0. The van der Waals surface area contributed by atoms with Gasteiger partial charge in [-0.15, -0.1) is 0 Å². The highest BCUT2D eigenvalue weighted by atomic mass is 16.5. The number of pyridine rings is 1. The Balaban J connectivity index is 1.35. The van der Waals surface area contributed by atoms with Gasteiger partial charge in [-0.05, 0) is 36.4 Å². The van der Waals surface area contributed by atoms with E-state index in [0.717, 1.165) is 32.0 Å². The van der Waals surface area contributed by atoms with Gasteiger partial charge in [0.2, 0.25) is 0 Å². The van der Waals surface area contributed by atoms with Gasteiger partial charge in [-0.3, -0.25) is 9.69 Å². The van der Waals surface area contributed by atoms with E-state index in [2.05, 4.69) is 14.8 Å². The highest BCUT2D eigenvalue weighted by molar-refractivity contribution is 5.98. The number of carbonyl (C=O) groups is 1. The quantitative estimate of drug-likeness (QED) is 0.789. The van der Waals surface area contributed by atoms with Crippen molar-refractivity contribution in [2.75, 3.05) is 44.2 Å². The second-order valence-corrected chi connectivity index (χ2v) is 6.34. The molecule has 0 bridgehead atoms. The molecule has 0 spiro atoms. The van der Waals surface area contributed by atoms with Crippen LogP contribution in [0.2, 0.25) is 0 Å². The van der Waals surface area contributed by atoms with Crippen LogP contribution in [0.4, 0.5) is 5.82 Å². The summed E-state index contributed by atoms with van der Waals surface area (Å²) in [5, 5.41) is 0. The number of piperazine rings is 1. The maximum absolute atomic E-state index is 12.7. The van der Waals surface area contributed by atoms with Crippen LogP contribution < -0.4 is 14.4 Å². The molecule has 4 rings (SSSR count). The van der Waals surface area contributed by atoms with Crippen molar-refractivity contribution in [3.8, 4) is 11.5 Å². The molecule has 0 aliphatic carbocycles. The largest absolute Gasteiger partial charge is 0.485 e. The lowest BCUT2D eigenvalue weighted by Crippen LogP contribution is -2.48. The monoisotopic (exact) mass is 351 g/mol. The van der Waals surface area contributed by atoms with Crippen LogP contribution >= 0.6 is 0 Å². The normalized spacial score (nSPS) is 17.0. The Morgan fingerprint density at radius 1 is 1.08 bits per heavy atom. The van der Waals surface area contributed by atoms with Gasteiger partial charge in [0, 0.05) is 37.9 Å². The van der Waals surface area contributed by atoms with Crippen molar-refractivity contribution >= 4 is 11.6 Å². The average Bonchev–Trinajstić information content (AvgIpc) is 2.94. The minimum absolute atomic E-state index is 0.0971. The number of hydrogen-bond acceptors (Lipinski definition) is 6. The number of ketones is 1. The second-order valence-electron chi connectivity index (χ2n) is 6.34. The van der Waals surface area contributed by atoms with E-state index in [1.165, 1.54) is 0 Å². The third-order valence-corrected chi connectivity index (χ3v) is 4.60. The molecule has 26 heavy (non-hydrogen) atoms. The Morgan fingerprint density at radius 2 is 1.96 bits per heavy atom. The number of aromatic nitrogens is 1. The van der Waals surface area contributed by atoms with Crippen LogP contribution in [0, 0.1) is 0 Å². The van der Waals surface area contributed by atoms with Gasteiger partial charge in [-0.2, -0.15) is 0 Å². The van der Waals surface area contributed by atoms with E-state index in [-0.39, 0.29) is 5.78 Å². The summed E-state index contributed by atoms with van der Waals surface area (Å²) in [6.45, 7) is 4.29. The number of nitrogens with zero attached hydrogens (tertiary/aromatic N) is 3. The summed E-state index contributed by atoms with van der Waals surface area (Å²) in [4.78, 5) is 21.5. The van der Waals surface area contributed by atoms with Crippen LogP contribution in [0.15, 0.2) is 54.9 Å². The Hall–Kier alpha value is -2.86. The molecule has 3 heterocycles. The number of hydrogen-bond donors (Lipinski definition) is 0. The summed E-state index contributed by atoms with van der Waals surface area (Å²) in [5.74, 6) is 2.34. The predicted octanol–water partition coefficient (Wildman–Crippen LogP) is 2.37. The van der Waals surface area contributed by atoms with Gasteiger partial charge in [-0.25, -0.2) is 4.98 Å². The molecule has 1 saturated heterocycles. The van der Waals surface area contributed by atoms with Crippen molar-refractivity contribution < 1.29 is 14.3 Å². The molecule has 6 nitrogen and oxygen atoms in total. The van der Waals surface area contributed by atoms with Crippen molar-refractivity contribution in [3.05, 3.63) is 60.5 Å². The third kappa shape index (κ3) is 3.70. The van der Waals surface area contributed by atoms with Crippen LogP contribution in [0.5, 0.6) is 11.5 Å². The van der Waals surface area contributed by atoms with E-state index < -0.39 is 0 Å². The SMILES string of the molecule is O=C(CN1CCN(c2ccccn2)CC1)c1ccc2c(c1)OCC=CO2. The predicted molar refractivity (Wildman–Crippen MR) is 98.9 cm³/mol. The highest BCUT2D eigenvalue weighted by Gasteiger charge is 2.21. The van der Waals surface area contributed by atoms with Gasteiger partial charge in [0.25, 0.3) is 0 Å². The minimum atomic E-state index is 0.0971. The van der Waals surface area contributed by atoms with Gasteiger partial charge in [-0.1, -0.05) is 6.07 Å². The fourth-order valence-corrected chi connectivity index (χ4v) is 3.16. The van der Waals surface area contributed by atoms with E-state index in [0.29, 0.717) is 30.2 Å². The molecule has 0 saturated carbocycles. The van der Waals surface area contributed by atoms with Gasteiger partial charge in [0.15, 0.2) is 17.3 Å². The Kier molecular flexibility index (Phi) is 4.84. The zero-order chi connectivity index (χ0) is 17.8. The number of ether oxygens (including phenoxy) is 2. The van der Waals surface area contributed by atoms with Crippen LogP contribution in [-0.2, 0) is 0 Å². The number of Topliss-reactive ketones (excluding diaryl/α,β-unsaturated/α-hetero) is 1. The maximum atomic E-state index is 12.7. The number of anilines is 1. The molecule has 0 atom stereocenters. The van der Waals surface area contributed by atoms with Crippen LogP contribution in [0.1, 0.15) is 10.4 Å². The molecular formula is C20H21N3O3. The molecule has 0 unspecified atom stereocenters. The van der Waals surface area contributed by atoms with Crippen molar-refractivity contribution in [1.82, 2.24) is 9.88 Å². The molecule has 1 aromatic heterocycles. The minimum Gasteiger partial charge on any atom is -0.485 e. The molecule has 2 aliphatic rings. The molecule has 2 aliphatic heterocycles. The first-order valence-corrected chi connectivity index (χ1v) is 8.80. The smallest absolute Gasteiger partial charge is 0.176 e. The van der Waals surface area contributed by atoms with Crippen LogP contribution in [0.3, 0.4) is 0 Å². The fraction of sp³-hybridized carbons (Fsp3) is 0.300. The lowest BCUT2D eigenvalue weighted by atomic mass is 10.1. The molecule has 2 aromatic rings. The Morgan fingerprint density at radius 3 is 2.77 bits per heavy atom. The summed E-state index contributed by atoms with van der Waals surface area (Å²) in [7, 11) is 0. The molecule has 1 fully saturated rings. The Bertz CT molecular complexity index is 799. The zero-order valence-corrected chi connectivity index (χ0v) is 14.5. The first-order valence-electron chi connectivity index (χ1n) is 8.80. The summed E-state index contributed by atoms with van der Waals surface area (Å²) in [5.41, 5.74) is 0.654. The van der Waals surface area contributed by atoms with E-state index in [1.54, 1.807) is 30.5 Å². The van der Waals surface area contributed by atoms with Crippen molar-refractivity contribution in [1.29, 1.82) is 0 Å². The van der Waals surface area contributed by atoms with Crippen molar-refractivity contribution in [2.24, 2.45) is 0 Å². The molecule has 0 radical (unpaired) electrons. The van der Waals surface area contributed by atoms with E-state index in [4.69, 9.17) is 9.47 Å². The number of rotatable bonds is 4. The number of carbonyl (C=O) groups excluding carboxylic acids is 1. The summed E-state index contributed by atoms with van der Waals surface area (Å²) >= 11 is 0. The van der Waals surface area contributed by atoms with Gasteiger partial charge >= 0.3 is 0 Å². The van der Waals surface area contributed by atoms with Gasteiger partial charge in [0.05, 0.1) is 12.8 Å². The zero-order valence-electron chi connectivity index (χ0n) is 14.5. The fourth-order valence-electron chi connectivity index (χ4n) is 3.16. The molecule has 134 valence electrons. The third-order valence-electron chi connectivity index (χ3n) is 4.60. The van der Waals surface area contributed by atoms with Gasteiger partial charge < -0.3 is 14.4 Å². The number of benzene rings is 1. The molecule has 0 N–H and O–H groups in total. The maximum Gasteiger partial charge on any atom is 0.176 e. The summed E-state index contributed by atoms with van der Waals surface area (Å²) in [6, 6.07) is 11.3. The topological polar surface area (TPSA) is 54.9 Å².